The van der Waals surface area contributed by atoms with Crippen molar-refractivity contribution in [1.82, 2.24) is 4.57 Å². The average Bonchev–Trinajstić information content (AvgIpc) is 1.54. The number of fused-ring (bicyclic) bond motifs is 10. The summed E-state index contributed by atoms with van der Waals surface area (Å²) in [4.78, 5) is 53.6. The molecule has 0 amide bonds. The first-order chi connectivity index (χ1) is 67.3. The van der Waals surface area contributed by atoms with E-state index in [0.717, 1.165) is 18.4 Å². The molecule has 0 saturated carbocycles. The van der Waals surface area contributed by atoms with Crippen molar-refractivity contribution in [3.63, 3.8) is 0 Å². The van der Waals surface area contributed by atoms with Gasteiger partial charge >= 0.3 is 934 Å². The number of aromatic nitrogens is 1. The molecule has 790 valence electrons. The molecule has 6 heterocycles. The monoisotopic (exact) mass is 2670 g/mol. The number of nitrogens with zero attached hydrogens (tertiary/aromatic N) is 1. The number of unbranched alkanes of at least 4 members (excludes halogenated alkanes) is 27. The average molecular weight is 2660 g/mol. The first kappa shape index (κ1) is 127. The summed E-state index contributed by atoms with van der Waals surface area (Å²) in [6.45, 7) is 35.9. The first-order valence-electron chi connectivity index (χ1n) is 58.6. The number of aryl methyl sites for hydroxylation is 9. The van der Waals surface area contributed by atoms with E-state index in [2.05, 4.69) is 364 Å². The van der Waals surface area contributed by atoms with E-state index < -0.39 is 110 Å². The molecular weight excluding hydrogens is 2450 g/mol. The summed E-state index contributed by atoms with van der Waals surface area (Å²) in [5.74, 6) is 1.69. The Hall–Kier alpha value is -0.548. The molecule has 2 unspecified atom stereocenters. The van der Waals surface area contributed by atoms with Crippen LogP contribution in [-0.2, 0) is 30.2 Å². The molecule has 1 nitrogen and oxygen atoms in total. The second kappa shape index (κ2) is 61.7. The van der Waals surface area contributed by atoms with Crippen molar-refractivity contribution >= 4 is 218 Å². The predicted molar refractivity (Wildman–Crippen MR) is 677 cm³/mol. The molecule has 0 radical (unpaired) electrons. The first-order valence-corrected chi connectivity index (χ1v) is 123. The standard InChI is InChI=1S/C30H43.C26H39S2.C23H37S2.C21H26N.C7H7.C5H5S.18CH3.6Sn/c1-4-6-8-10-12-16-22-30(23-17-13-11-9-7-5-2)28-19-15-14-18-26(28)27-21-20-25(3)24-29(27)30;1-6-10-12-20(8-3)17-26(18-21(9-4)13-11-7-2)22-14-15-27-24(22)25-23(26)16-19(5)28-25;1-4-6-8-10-12-14-16-20-18-24-23-21(19(3)25-22(20)23)17-15-13-11-9-7-5-2;1-3-4-5-6-7-10-15-22-20-12-9-8-11-18(20)19-14-13-17(2)16-21(19)22;1-7-5-3-2-4-6-7;1-5-3-2-4-6-5;;;;;;;;;;;;;;;;;;;;;;;;/h14,18-21,24H,4-13,16-17,22-23H2,1-3H3;14,16,20-21H,6-13,17-18H2,1-5H3;4-17H2,1-3H3;8,11-14,16H,3-7,10,15H2,1-2H3;3-6H,1H3;2-3H,1H3;18*1H3;;;;;;. The van der Waals surface area contributed by atoms with Crippen molar-refractivity contribution in [2.45, 2.75) is 493 Å². The van der Waals surface area contributed by atoms with Crippen LogP contribution in [0.15, 0.2) is 121 Å². The minimum absolute atomic E-state index is 0.235. The van der Waals surface area contributed by atoms with E-state index in [9.17, 15) is 0 Å². The maximum absolute atomic E-state index is 2.75. The van der Waals surface area contributed by atoms with Crippen LogP contribution in [0, 0.1) is 53.4 Å². The maximum atomic E-state index is 2.75. The van der Waals surface area contributed by atoms with Crippen LogP contribution in [0.5, 0.6) is 0 Å². The van der Waals surface area contributed by atoms with Crippen molar-refractivity contribution < 1.29 is 0 Å². The Morgan fingerprint density at radius 3 is 1.14 bits per heavy atom. The summed E-state index contributed by atoms with van der Waals surface area (Å²) in [7, 11) is 0. The normalized spacial score (nSPS) is 14.4. The summed E-state index contributed by atoms with van der Waals surface area (Å²) in [6.07, 6.45) is 60.6. The summed E-state index contributed by atoms with van der Waals surface area (Å²) in [5.41, 5.74) is 21.0. The van der Waals surface area contributed by atoms with E-state index in [1.807, 2.05) is 14.2 Å². The van der Waals surface area contributed by atoms with Gasteiger partial charge in [-0.1, -0.05) is 0 Å². The van der Waals surface area contributed by atoms with Gasteiger partial charge in [0.25, 0.3) is 0 Å². The molecule has 2 atom stereocenters. The van der Waals surface area contributed by atoms with Gasteiger partial charge in [0.1, 0.15) is 0 Å². The molecular formula is C130H211NS5Sn6. The van der Waals surface area contributed by atoms with Crippen LogP contribution >= 0.6 is 56.7 Å². The van der Waals surface area contributed by atoms with Gasteiger partial charge in [-0.15, -0.1) is 0 Å². The number of hydrogen-bond acceptors (Lipinski definition) is 5. The summed E-state index contributed by atoms with van der Waals surface area (Å²) >= 11 is -1.18. The van der Waals surface area contributed by atoms with Crippen LogP contribution in [0.1, 0.15) is 397 Å². The van der Waals surface area contributed by atoms with Gasteiger partial charge in [-0.25, -0.2) is 0 Å². The van der Waals surface area contributed by atoms with Gasteiger partial charge in [0.15, 0.2) is 0 Å². The topological polar surface area (TPSA) is 4.93 Å². The fourth-order valence-electron chi connectivity index (χ4n) is 22.3. The summed E-state index contributed by atoms with van der Waals surface area (Å²) < 4.78 is 16.3. The molecule has 5 aromatic carbocycles. The number of hydrogen-bond donors (Lipinski definition) is 0. The minimum atomic E-state index is -2.15. The zero-order valence-electron chi connectivity index (χ0n) is 98.0. The molecule has 11 aromatic rings. The molecule has 0 bridgehead atoms. The Morgan fingerprint density at radius 2 is 0.676 bits per heavy atom. The van der Waals surface area contributed by atoms with E-state index in [-0.39, 0.29) is 10.8 Å². The Balaban J connectivity index is 0.000000217. The van der Waals surface area contributed by atoms with Crippen molar-refractivity contribution in [3.05, 3.63) is 186 Å². The quantitative estimate of drug-likeness (QED) is 0.0264. The third-order valence-corrected chi connectivity index (χ3v) is 83.4. The fourth-order valence-corrected chi connectivity index (χ4v) is 56.6. The zero-order chi connectivity index (χ0) is 104. The molecule has 142 heavy (non-hydrogen) atoms. The molecule has 0 saturated heterocycles. The molecule has 0 spiro atoms. The number of benzene rings is 5. The van der Waals surface area contributed by atoms with Gasteiger partial charge in [0.05, 0.1) is 0 Å². The zero-order valence-corrected chi connectivity index (χ0v) is 119. The van der Waals surface area contributed by atoms with Crippen LogP contribution in [0.3, 0.4) is 0 Å². The van der Waals surface area contributed by atoms with Crippen LogP contribution < -0.4 is 19.4 Å². The number of thiophene rings is 5. The van der Waals surface area contributed by atoms with Crippen LogP contribution in [-0.4, -0.2) is 115 Å². The molecule has 6 aromatic heterocycles. The van der Waals surface area contributed by atoms with Crippen molar-refractivity contribution in [1.29, 1.82) is 0 Å². The van der Waals surface area contributed by atoms with E-state index in [1.165, 1.54) is 336 Å². The van der Waals surface area contributed by atoms with Gasteiger partial charge in [-0.3, -0.25) is 0 Å². The Labute approximate surface area is 921 Å². The third kappa shape index (κ3) is 37.7. The van der Waals surface area contributed by atoms with Gasteiger partial charge in [0, 0.05) is 0 Å². The molecule has 0 fully saturated rings. The van der Waals surface area contributed by atoms with Gasteiger partial charge in [0.2, 0.25) is 0 Å². The third-order valence-electron chi connectivity index (χ3n) is 31.4. The van der Waals surface area contributed by atoms with Gasteiger partial charge < -0.3 is 0 Å². The molecule has 0 aliphatic heterocycles. The van der Waals surface area contributed by atoms with Crippen LogP contribution in [0.25, 0.3) is 52.1 Å². The van der Waals surface area contributed by atoms with Crippen LogP contribution in [0.4, 0.5) is 0 Å². The molecule has 13 rings (SSSR count). The van der Waals surface area contributed by atoms with Crippen molar-refractivity contribution in [2.75, 3.05) is 0 Å². The number of rotatable bonds is 53. The Kier molecular flexibility index (Phi) is 55.0. The molecule has 12 heteroatoms. The van der Waals surface area contributed by atoms with E-state index in [4.69, 9.17) is 0 Å². The van der Waals surface area contributed by atoms with Crippen LogP contribution in [0.2, 0.25) is 88.9 Å². The van der Waals surface area contributed by atoms with Gasteiger partial charge in [-0.05, 0) is 0 Å². The summed E-state index contributed by atoms with van der Waals surface area (Å²) in [6, 6.07) is 48.3. The Bertz CT molecular complexity index is 5460. The van der Waals surface area contributed by atoms with Gasteiger partial charge in [-0.2, -0.15) is 0 Å². The molecule has 2 aliphatic carbocycles. The second-order valence-electron chi connectivity index (χ2n) is 50.4. The summed E-state index contributed by atoms with van der Waals surface area (Å²) in [5, 5.41) is 2.86. The van der Waals surface area contributed by atoms with E-state index in [1.54, 1.807) is 79.5 Å². The molecule has 0 N–H and O–H groups in total. The fraction of sp³-hybridized carbons (Fsp3) is 0.631. The molecule has 2 aliphatic rings. The van der Waals surface area contributed by atoms with E-state index in [0.29, 0.717) is 0 Å². The second-order valence-corrected chi connectivity index (χ2v) is 146. The predicted octanol–water partition coefficient (Wildman–Crippen LogP) is 42.2. The van der Waals surface area contributed by atoms with Crippen molar-refractivity contribution in [2.24, 2.45) is 11.8 Å². The van der Waals surface area contributed by atoms with Crippen molar-refractivity contribution in [3.8, 4) is 20.9 Å². The van der Waals surface area contributed by atoms with E-state index >= 15 is 0 Å². The SMILES string of the molecule is CCCCC(CC)CC1(CC(CC)CCCC)c2cc(C)sc2-c2s[c]([Sn]([CH3])([CH3])[CH3])cc21.CCCCCCCCC1(CCCCCCCC)c2cc(C)ccc2-c2cc[c]([Sn]([CH3])([CH3])[CH3])cc21.CCCCCCCCc1c(C)sc2c(CCCCCCCC)[c]([Sn]([CH3])([CH3])[CH3])sc12.CCCCCCCCn1c2cc(C)ccc2c2cc[c]([Sn]([CH3])([CH3])[CH3])cc21.Cc1cc[c]([Sn]([CH3])([CH3])[CH3])cc1.Cc1cc[c]([Sn]([CH3])([CH3])[CH3])s1. The Morgan fingerprint density at radius 1 is 0.282 bits per heavy atom.